The van der Waals surface area contributed by atoms with Gasteiger partial charge in [-0.25, -0.2) is 4.98 Å². The third-order valence-electron chi connectivity index (χ3n) is 3.58. The number of aryl methyl sites for hydroxylation is 2. The minimum Gasteiger partial charge on any atom is -0.340 e. The van der Waals surface area contributed by atoms with Gasteiger partial charge in [0.05, 0.1) is 5.52 Å². The largest absolute Gasteiger partial charge is 0.340 e. The van der Waals surface area contributed by atoms with Crippen LogP contribution in [0.4, 0.5) is 11.5 Å². The highest BCUT2D eigenvalue weighted by Gasteiger charge is 2.04. The lowest BCUT2D eigenvalue weighted by molar-refractivity contribution is 1.14. The Morgan fingerprint density at radius 3 is 2.60 bits per heavy atom. The SMILES string of the molecule is CCc1ccccc1Nc1cc(C)c2ccccc2n1. The van der Waals surface area contributed by atoms with Crippen molar-refractivity contribution < 1.29 is 0 Å². The van der Waals surface area contributed by atoms with E-state index >= 15 is 0 Å². The first-order valence-electron chi connectivity index (χ1n) is 6.99. The zero-order chi connectivity index (χ0) is 13.9. The van der Waals surface area contributed by atoms with Crippen LogP contribution in [0.15, 0.2) is 54.6 Å². The number of benzene rings is 2. The molecule has 2 aromatic carbocycles. The predicted octanol–water partition coefficient (Wildman–Crippen LogP) is 4.85. The lowest BCUT2D eigenvalue weighted by Gasteiger charge is -2.12. The van der Waals surface area contributed by atoms with Crippen molar-refractivity contribution in [2.24, 2.45) is 0 Å². The minimum absolute atomic E-state index is 0.905. The molecule has 1 heterocycles. The molecule has 20 heavy (non-hydrogen) atoms. The van der Waals surface area contributed by atoms with Crippen LogP contribution in [-0.2, 0) is 6.42 Å². The van der Waals surface area contributed by atoms with Gasteiger partial charge in [0.25, 0.3) is 0 Å². The average molecular weight is 262 g/mol. The van der Waals surface area contributed by atoms with E-state index in [1.807, 2.05) is 6.07 Å². The first-order valence-corrected chi connectivity index (χ1v) is 6.99. The van der Waals surface area contributed by atoms with Gasteiger partial charge in [0.1, 0.15) is 5.82 Å². The van der Waals surface area contributed by atoms with E-state index in [-0.39, 0.29) is 0 Å². The van der Waals surface area contributed by atoms with E-state index in [1.165, 1.54) is 16.5 Å². The molecular weight excluding hydrogens is 244 g/mol. The molecule has 0 aliphatic carbocycles. The fraction of sp³-hybridized carbons (Fsp3) is 0.167. The fourth-order valence-electron chi connectivity index (χ4n) is 2.50. The molecule has 0 spiro atoms. The summed E-state index contributed by atoms with van der Waals surface area (Å²) in [5, 5.41) is 4.66. The number of pyridine rings is 1. The number of hydrogen-bond donors (Lipinski definition) is 1. The summed E-state index contributed by atoms with van der Waals surface area (Å²) in [6.07, 6.45) is 1.01. The number of para-hydroxylation sites is 2. The molecule has 0 radical (unpaired) electrons. The van der Waals surface area contributed by atoms with E-state index in [0.29, 0.717) is 0 Å². The minimum atomic E-state index is 0.905. The number of nitrogens with one attached hydrogen (secondary N) is 1. The van der Waals surface area contributed by atoms with Crippen molar-refractivity contribution in [1.29, 1.82) is 0 Å². The Hall–Kier alpha value is -2.35. The van der Waals surface area contributed by atoms with Crippen molar-refractivity contribution in [2.45, 2.75) is 20.3 Å². The molecule has 0 aliphatic rings. The summed E-state index contributed by atoms with van der Waals surface area (Å²) in [6, 6.07) is 18.7. The molecule has 0 amide bonds. The summed E-state index contributed by atoms with van der Waals surface area (Å²) in [5.41, 5.74) is 4.72. The van der Waals surface area contributed by atoms with E-state index in [0.717, 1.165) is 23.4 Å². The highest BCUT2D eigenvalue weighted by atomic mass is 15.0. The zero-order valence-electron chi connectivity index (χ0n) is 11.9. The summed E-state index contributed by atoms with van der Waals surface area (Å²) >= 11 is 0. The van der Waals surface area contributed by atoms with Crippen LogP contribution in [0.5, 0.6) is 0 Å². The highest BCUT2D eigenvalue weighted by molar-refractivity contribution is 5.84. The molecule has 0 aliphatic heterocycles. The normalized spacial score (nSPS) is 10.7. The smallest absolute Gasteiger partial charge is 0.131 e. The lowest BCUT2D eigenvalue weighted by atomic mass is 10.1. The summed E-state index contributed by atoms with van der Waals surface area (Å²) in [5.74, 6) is 0.905. The lowest BCUT2D eigenvalue weighted by Crippen LogP contribution is -1.98. The molecule has 3 rings (SSSR count). The van der Waals surface area contributed by atoms with Crippen molar-refractivity contribution in [3.8, 4) is 0 Å². The number of aromatic nitrogens is 1. The number of anilines is 2. The summed E-state index contributed by atoms with van der Waals surface area (Å²) in [7, 11) is 0. The van der Waals surface area contributed by atoms with Gasteiger partial charge in [0.15, 0.2) is 0 Å². The summed E-state index contributed by atoms with van der Waals surface area (Å²) in [4.78, 5) is 4.70. The molecule has 0 saturated carbocycles. The van der Waals surface area contributed by atoms with Crippen LogP contribution in [0.3, 0.4) is 0 Å². The van der Waals surface area contributed by atoms with Crippen LogP contribution < -0.4 is 5.32 Å². The third kappa shape index (κ3) is 2.37. The van der Waals surface area contributed by atoms with Gasteiger partial charge in [0, 0.05) is 11.1 Å². The first kappa shape index (κ1) is 12.7. The maximum atomic E-state index is 4.70. The number of nitrogens with zero attached hydrogens (tertiary/aromatic N) is 1. The Morgan fingerprint density at radius 1 is 1.00 bits per heavy atom. The van der Waals surface area contributed by atoms with Crippen molar-refractivity contribution in [3.63, 3.8) is 0 Å². The molecule has 100 valence electrons. The number of fused-ring (bicyclic) bond motifs is 1. The van der Waals surface area contributed by atoms with Crippen LogP contribution in [0, 0.1) is 6.92 Å². The van der Waals surface area contributed by atoms with Gasteiger partial charge in [0.2, 0.25) is 0 Å². The van der Waals surface area contributed by atoms with E-state index < -0.39 is 0 Å². The van der Waals surface area contributed by atoms with Crippen LogP contribution in [0.2, 0.25) is 0 Å². The van der Waals surface area contributed by atoms with Gasteiger partial charge in [-0.05, 0) is 42.7 Å². The van der Waals surface area contributed by atoms with Crippen molar-refractivity contribution >= 4 is 22.4 Å². The van der Waals surface area contributed by atoms with Gasteiger partial charge >= 0.3 is 0 Å². The topological polar surface area (TPSA) is 24.9 Å². The molecule has 1 N–H and O–H groups in total. The van der Waals surface area contributed by atoms with Gasteiger partial charge < -0.3 is 5.32 Å². The monoisotopic (exact) mass is 262 g/mol. The number of rotatable bonds is 3. The summed E-state index contributed by atoms with van der Waals surface area (Å²) in [6.45, 7) is 4.29. The Kier molecular flexibility index (Phi) is 3.38. The standard InChI is InChI=1S/C18H18N2/c1-3-14-8-4-6-10-16(14)19-18-12-13(2)15-9-5-7-11-17(15)20-18/h4-12H,3H2,1-2H3,(H,19,20). The molecule has 1 aromatic heterocycles. The average Bonchev–Trinajstić information content (AvgIpc) is 2.48. The zero-order valence-corrected chi connectivity index (χ0v) is 11.9. The molecule has 0 saturated heterocycles. The van der Waals surface area contributed by atoms with Crippen molar-refractivity contribution in [2.75, 3.05) is 5.32 Å². The van der Waals surface area contributed by atoms with Gasteiger partial charge in [-0.15, -0.1) is 0 Å². The van der Waals surface area contributed by atoms with E-state index in [1.54, 1.807) is 0 Å². The Balaban J connectivity index is 2.03. The quantitative estimate of drug-likeness (QED) is 0.730. The Morgan fingerprint density at radius 2 is 1.75 bits per heavy atom. The van der Waals surface area contributed by atoms with Crippen LogP contribution in [0.25, 0.3) is 10.9 Å². The van der Waals surface area contributed by atoms with Gasteiger partial charge in [-0.3, -0.25) is 0 Å². The van der Waals surface area contributed by atoms with Crippen LogP contribution in [0.1, 0.15) is 18.1 Å². The van der Waals surface area contributed by atoms with Gasteiger partial charge in [-0.2, -0.15) is 0 Å². The second-order valence-corrected chi connectivity index (χ2v) is 4.98. The molecule has 0 fully saturated rings. The summed E-state index contributed by atoms with van der Waals surface area (Å²) < 4.78 is 0. The molecule has 2 nitrogen and oxygen atoms in total. The second-order valence-electron chi connectivity index (χ2n) is 4.98. The molecular formula is C18H18N2. The van der Waals surface area contributed by atoms with Crippen LogP contribution in [-0.4, -0.2) is 4.98 Å². The Labute approximate surface area is 119 Å². The fourth-order valence-corrected chi connectivity index (χ4v) is 2.50. The van der Waals surface area contributed by atoms with E-state index in [2.05, 4.69) is 67.7 Å². The molecule has 0 bridgehead atoms. The molecule has 0 unspecified atom stereocenters. The highest BCUT2D eigenvalue weighted by Crippen LogP contribution is 2.24. The third-order valence-corrected chi connectivity index (χ3v) is 3.58. The predicted molar refractivity (Wildman–Crippen MR) is 85.6 cm³/mol. The Bertz CT molecular complexity index is 747. The molecule has 0 atom stereocenters. The van der Waals surface area contributed by atoms with Gasteiger partial charge in [-0.1, -0.05) is 43.3 Å². The van der Waals surface area contributed by atoms with Crippen molar-refractivity contribution in [3.05, 3.63) is 65.7 Å². The number of hydrogen-bond acceptors (Lipinski definition) is 2. The van der Waals surface area contributed by atoms with E-state index in [4.69, 9.17) is 4.98 Å². The second kappa shape index (κ2) is 5.33. The van der Waals surface area contributed by atoms with Crippen molar-refractivity contribution in [1.82, 2.24) is 4.98 Å². The maximum absolute atomic E-state index is 4.70. The molecule has 3 aromatic rings. The molecule has 2 heteroatoms. The first-order chi connectivity index (χ1) is 9.78. The van der Waals surface area contributed by atoms with Crippen LogP contribution >= 0.6 is 0 Å². The van der Waals surface area contributed by atoms with E-state index in [9.17, 15) is 0 Å². The maximum Gasteiger partial charge on any atom is 0.131 e.